The highest BCUT2D eigenvalue weighted by Crippen LogP contribution is 2.29. The number of nitrogens with one attached hydrogen (secondary N) is 1. The Labute approximate surface area is 266 Å². The number of methoxy groups -OCH3 is 1. The second-order valence-corrected chi connectivity index (χ2v) is 13.7. The lowest BCUT2D eigenvalue weighted by Crippen LogP contribution is -2.52. The van der Waals surface area contributed by atoms with E-state index >= 15 is 0 Å². The molecule has 0 aliphatic heterocycles. The van der Waals surface area contributed by atoms with E-state index in [0.29, 0.717) is 28.4 Å². The average Bonchev–Trinajstić information content (AvgIpc) is 3.51. The normalized spacial score (nSPS) is 14.2. The molecule has 4 rings (SSSR count). The smallest absolute Gasteiger partial charge is 0.243 e. The summed E-state index contributed by atoms with van der Waals surface area (Å²) in [6.07, 6.45) is 5.81. The number of halogens is 1. The van der Waals surface area contributed by atoms with Crippen LogP contribution >= 0.6 is 11.6 Å². The van der Waals surface area contributed by atoms with Gasteiger partial charge in [0.1, 0.15) is 11.8 Å². The Morgan fingerprint density at radius 3 is 2.36 bits per heavy atom. The predicted octanol–water partition coefficient (Wildman–Crippen LogP) is 5.90. The van der Waals surface area contributed by atoms with Gasteiger partial charge in [0.05, 0.1) is 19.1 Å². The molecular formula is C34H42ClN3O5S. The van der Waals surface area contributed by atoms with Crippen molar-refractivity contribution in [2.45, 2.75) is 70.5 Å². The Kier molecular flexibility index (Phi) is 11.7. The Bertz CT molecular complexity index is 1530. The lowest BCUT2D eigenvalue weighted by Gasteiger charge is -2.33. The summed E-state index contributed by atoms with van der Waals surface area (Å²) in [5, 5.41) is 3.68. The molecule has 0 radical (unpaired) electrons. The van der Waals surface area contributed by atoms with Crippen LogP contribution in [0.5, 0.6) is 5.75 Å². The van der Waals surface area contributed by atoms with E-state index in [1.807, 2.05) is 54.6 Å². The molecule has 0 aromatic heterocycles. The van der Waals surface area contributed by atoms with Crippen molar-refractivity contribution in [3.05, 3.63) is 94.5 Å². The van der Waals surface area contributed by atoms with Gasteiger partial charge in [0.2, 0.25) is 21.8 Å². The summed E-state index contributed by atoms with van der Waals surface area (Å²) in [5.41, 5.74) is 2.91. The zero-order chi connectivity index (χ0) is 31.7. The molecule has 0 bridgehead atoms. The van der Waals surface area contributed by atoms with Crippen LogP contribution in [0.25, 0.3) is 0 Å². The molecule has 0 spiro atoms. The fourth-order valence-corrected chi connectivity index (χ4v) is 6.92. The number of hydrogen-bond acceptors (Lipinski definition) is 5. The van der Waals surface area contributed by atoms with Crippen molar-refractivity contribution >= 4 is 39.1 Å². The van der Waals surface area contributed by atoms with Crippen molar-refractivity contribution < 1.29 is 22.7 Å². The Hall–Kier alpha value is -3.56. The van der Waals surface area contributed by atoms with E-state index in [4.69, 9.17) is 16.3 Å². The molecule has 1 saturated carbocycles. The zero-order valence-electron chi connectivity index (χ0n) is 25.7. The number of rotatable bonds is 14. The Balaban J connectivity index is 1.61. The van der Waals surface area contributed by atoms with Gasteiger partial charge in [0, 0.05) is 37.0 Å². The van der Waals surface area contributed by atoms with Gasteiger partial charge in [-0.15, -0.1) is 0 Å². The van der Waals surface area contributed by atoms with Crippen LogP contribution in [0, 0.1) is 6.92 Å². The molecule has 1 atom stereocenters. The molecule has 2 amide bonds. The van der Waals surface area contributed by atoms with Crippen LogP contribution in [0.4, 0.5) is 5.69 Å². The summed E-state index contributed by atoms with van der Waals surface area (Å²) in [4.78, 5) is 29.6. The number of sulfonamides is 1. The van der Waals surface area contributed by atoms with Gasteiger partial charge < -0.3 is 15.0 Å². The molecule has 1 fully saturated rings. The van der Waals surface area contributed by atoms with Crippen LogP contribution in [-0.2, 0) is 32.6 Å². The largest absolute Gasteiger partial charge is 0.497 e. The highest BCUT2D eigenvalue weighted by Gasteiger charge is 2.32. The molecule has 44 heavy (non-hydrogen) atoms. The number of carbonyl (C=O) groups is 2. The van der Waals surface area contributed by atoms with E-state index in [1.165, 1.54) is 4.31 Å². The van der Waals surface area contributed by atoms with Crippen LogP contribution in [0.3, 0.4) is 0 Å². The summed E-state index contributed by atoms with van der Waals surface area (Å²) < 4.78 is 32.3. The monoisotopic (exact) mass is 639 g/mol. The molecule has 3 aromatic rings. The van der Waals surface area contributed by atoms with Gasteiger partial charge in [0.25, 0.3) is 0 Å². The summed E-state index contributed by atoms with van der Waals surface area (Å²) in [5.74, 6) is 0.251. The maximum atomic E-state index is 14.1. The second-order valence-electron chi connectivity index (χ2n) is 11.4. The average molecular weight is 640 g/mol. The third-order valence-electron chi connectivity index (χ3n) is 8.12. The fraction of sp³-hybridized carbons (Fsp3) is 0.412. The van der Waals surface area contributed by atoms with Crippen molar-refractivity contribution in [2.75, 3.05) is 24.2 Å². The van der Waals surface area contributed by atoms with Gasteiger partial charge in [-0.3, -0.25) is 13.9 Å². The summed E-state index contributed by atoms with van der Waals surface area (Å²) in [6.45, 7) is 2.07. The van der Waals surface area contributed by atoms with E-state index in [1.54, 1.807) is 37.1 Å². The molecule has 0 heterocycles. The minimum Gasteiger partial charge on any atom is -0.497 e. The number of carbonyl (C=O) groups excluding carboxylic acids is 2. The van der Waals surface area contributed by atoms with E-state index < -0.39 is 16.1 Å². The van der Waals surface area contributed by atoms with Gasteiger partial charge in [0.15, 0.2) is 0 Å². The first-order valence-corrected chi connectivity index (χ1v) is 17.3. The topological polar surface area (TPSA) is 96.0 Å². The van der Waals surface area contributed by atoms with E-state index in [2.05, 4.69) is 5.32 Å². The maximum Gasteiger partial charge on any atom is 0.243 e. The van der Waals surface area contributed by atoms with E-state index in [0.717, 1.165) is 43.1 Å². The molecule has 8 nitrogen and oxygen atoms in total. The quantitative estimate of drug-likeness (QED) is 0.237. The highest BCUT2D eigenvalue weighted by atomic mass is 35.5. The van der Waals surface area contributed by atoms with Crippen molar-refractivity contribution in [1.29, 1.82) is 0 Å². The molecule has 10 heteroatoms. The lowest BCUT2D eigenvalue weighted by atomic mass is 10.0. The first-order chi connectivity index (χ1) is 21.1. The summed E-state index contributed by atoms with van der Waals surface area (Å²) in [6, 6.07) is 21.6. The van der Waals surface area contributed by atoms with Gasteiger partial charge in [-0.05, 0) is 67.1 Å². The number of benzene rings is 3. The van der Waals surface area contributed by atoms with E-state index in [9.17, 15) is 18.0 Å². The Morgan fingerprint density at radius 2 is 1.68 bits per heavy atom. The third kappa shape index (κ3) is 8.99. The summed E-state index contributed by atoms with van der Waals surface area (Å²) >= 11 is 6.30. The molecular weight excluding hydrogens is 598 g/mol. The molecule has 0 saturated heterocycles. The predicted molar refractivity (Wildman–Crippen MR) is 175 cm³/mol. The first kappa shape index (κ1) is 33.3. The number of anilines is 1. The van der Waals surface area contributed by atoms with Gasteiger partial charge in [-0.1, -0.05) is 73.0 Å². The molecule has 3 aromatic carbocycles. The van der Waals surface area contributed by atoms with Crippen LogP contribution < -0.4 is 14.4 Å². The lowest BCUT2D eigenvalue weighted by molar-refractivity contribution is -0.141. The van der Waals surface area contributed by atoms with Crippen molar-refractivity contribution in [2.24, 2.45) is 0 Å². The molecule has 236 valence electrons. The number of ether oxygens (including phenoxy) is 1. The SMILES string of the molecule is COc1cccc(CN(C(=O)CCCN(c2cccc(Cl)c2C)S(C)(=O)=O)[C@H](Cc2ccccc2)C(=O)NC2CCCC2)c1. The summed E-state index contributed by atoms with van der Waals surface area (Å²) in [7, 11) is -2.06. The molecule has 1 aliphatic carbocycles. The number of amides is 2. The van der Waals surface area contributed by atoms with Crippen LogP contribution in [0.2, 0.25) is 5.02 Å². The highest BCUT2D eigenvalue weighted by molar-refractivity contribution is 7.92. The molecule has 0 unspecified atom stereocenters. The van der Waals surface area contributed by atoms with Crippen molar-refractivity contribution in [3.63, 3.8) is 0 Å². The zero-order valence-corrected chi connectivity index (χ0v) is 27.2. The Morgan fingerprint density at radius 1 is 1.00 bits per heavy atom. The first-order valence-electron chi connectivity index (χ1n) is 15.1. The van der Waals surface area contributed by atoms with Crippen molar-refractivity contribution in [1.82, 2.24) is 10.2 Å². The minimum atomic E-state index is -3.64. The van der Waals surface area contributed by atoms with Crippen LogP contribution in [0.15, 0.2) is 72.8 Å². The maximum absolute atomic E-state index is 14.1. The standard InChI is InChI=1S/C34H42ClN3O5S/c1-25-30(35)18-10-19-31(25)38(44(3,41)42)21-11-20-33(39)37(24-27-14-9-17-29(22-27)43-2)32(23-26-12-5-4-6-13-26)34(40)36-28-15-7-8-16-28/h4-6,9-10,12-14,17-19,22,28,32H,7-8,11,15-16,20-21,23-24H2,1-3H3,(H,36,40)/t32-/m1/s1. The molecule has 1 aliphatic rings. The third-order valence-corrected chi connectivity index (χ3v) is 9.71. The van der Waals surface area contributed by atoms with Crippen LogP contribution in [-0.4, -0.2) is 57.1 Å². The minimum absolute atomic E-state index is 0.0532. The van der Waals surface area contributed by atoms with E-state index in [-0.39, 0.29) is 43.8 Å². The van der Waals surface area contributed by atoms with Gasteiger partial charge >= 0.3 is 0 Å². The fourth-order valence-electron chi connectivity index (χ4n) is 5.74. The van der Waals surface area contributed by atoms with Crippen molar-refractivity contribution in [3.8, 4) is 5.75 Å². The second kappa shape index (κ2) is 15.4. The van der Waals surface area contributed by atoms with Gasteiger partial charge in [-0.25, -0.2) is 8.42 Å². The van der Waals surface area contributed by atoms with Gasteiger partial charge in [-0.2, -0.15) is 0 Å². The molecule has 1 N–H and O–H groups in total. The number of nitrogens with zero attached hydrogens (tertiary/aromatic N) is 2. The van der Waals surface area contributed by atoms with Crippen LogP contribution in [0.1, 0.15) is 55.2 Å². The number of hydrogen-bond donors (Lipinski definition) is 1.